The molecule has 0 heterocycles. The van der Waals surface area contributed by atoms with E-state index in [4.69, 9.17) is 9.47 Å². The van der Waals surface area contributed by atoms with Crippen LogP contribution in [-0.2, 0) is 20.8 Å². The highest BCUT2D eigenvalue weighted by molar-refractivity contribution is 5.76. The first-order valence-corrected chi connectivity index (χ1v) is 10.1. The maximum absolute atomic E-state index is 11.8. The topological polar surface area (TPSA) is 69.7 Å². The molecule has 1 aromatic rings. The zero-order chi connectivity index (χ0) is 21.6. The van der Waals surface area contributed by atoms with Crippen LogP contribution in [0.25, 0.3) is 0 Å². The Hall–Kier alpha value is -2.69. The molecule has 0 saturated carbocycles. The number of aryl methyl sites for hydroxylation is 1. The zero-order valence-corrected chi connectivity index (χ0v) is 17.7. The van der Waals surface area contributed by atoms with Gasteiger partial charge in [0.1, 0.15) is 17.8 Å². The molecule has 0 spiro atoms. The maximum atomic E-state index is 11.8. The Morgan fingerprint density at radius 1 is 1.14 bits per heavy atom. The molecule has 0 radical (unpaired) electrons. The molecule has 0 aliphatic heterocycles. The summed E-state index contributed by atoms with van der Waals surface area (Å²) < 4.78 is 11.1. The van der Waals surface area contributed by atoms with Gasteiger partial charge in [0.05, 0.1) is 0 Å². The second kappa shape index (κ2) is 10.2. The van der Waals surface area contributed by atoms with Gasteiger partial charge in [0, 0.05) is 25.3 Å². The lowest BCUT2D eigenvalue weighted by Gasteiger charge is -2.32. The Bertz CT molecular complexity index is 797. The fourth-order valence-electron chi connectivity index (χ4n) is 3.86. The molecule has 5 nitrogen and oxygen atoms in total. The normalized spacial score (nSPS) is 18.6. The number of aldehydes is 1. The monoisotopic (exact) mass is 398 g/mol. The number of benzene rings is 1. The summed E-state index contributed by atoms with van der Waals surface area (Å²) in [6.07, 6.45) is 6.91. The number of ether oxygens (including phenoxy) is 2. The molecule has 0 saturated heterocycles. The molecular weight excluding hydrogens is 368 g/mol. The van der Waals surface area contributed by atoms with Crippen molar-refractivity contribution < 1.29 is 23.9 Å². The molecule has 0 bridgehead atoms. The number of hydrogen-bond acceptors (Lipinski definition) is 5. The number of unbranched alkanes of at least 4 members (excludes halogenated alkanes) is 1. The van der Waals surface area contributed by atoms with Crippen molar-refractivity contribution in [2.75, 3.05) is 0 Å². The molecule has 1 aliphatic rings. The highest BCUT2D eigenvalue weighted by Crippen LogP contribution is 2.47. The van der Waals surface area contributed by atoms with Crippen LogP contribution in [0.2, 0.25) is 0 Å². The Labute approximate surface area is 172 Å². The third-order valence-electron chi connectivity index (χ3n) is 5.18. The molecule has 0 aromatic heterocycles. The summed E-state index contributed by atoms with van der Waals surface area (Å²) in [7, 11) is 0. The van der Waals surface area contributed by atoms with Gasteiger partial charge in [0.15, 0.2) is 0 Å². The van der Waals surface area contributed by atoms with E-state index in [1.807, 2.05) is 25.1 Å². The minimum Gasteiger partial charge on any atom is -0.426 e. The molecule has 0 amide bonds. The predicted molar refractivity (Wildman–Crippen MR) is 112 cm³/mol. The van der Waals surface area contributed by atoms with Gasteiger partial charge in [-0.15, -0.1) is 0 Å². The SMILES string of the molecule is C=C(C)[C@@H]1CCC(C=O)=C[C@H]1c1c(OC(C)=O)cc(CCCC)cc1OC(C)=O. The van der Waals surface area contributed by atoms with E-state index in [0.29, 0.717) is 29.1 Å². The minimum atomic E-state index is -0.449. The zero-order valence-electron chi connectivity index (χ0n) is 17.7. The average Bonchev–Trinajstić information content (AvgIpc) is 2.64. The van der Waals surface area contributed by atoms with E-state index in [0.717, 1.165) is 43.1 Å². The van der Waals surface area contributed by atoms with Crippen LogP contribution >= 0.6 is 0 Å². The van der Waals surface area contributed by atoms with Gasteiger partial charge >= 0.3 is 11.9 Å². The average molecular weight is 398 g/mol. The fourth-order valence-corrected chi connectivity index (χ4v) is 3.86. The number of carbonyl (C=O) groups is 3. The molecule has 0 unspecified atom stereocenters. The Morgan fingerprint density at radius 2 is 1.72 bits per heavy atom. The summed E-state index contributed by atoms with van der Waals surface area (Å²) in [5.74, 6) is -0.372. The second-order valence-electron chi connectivity index (χ2n) is 7.67. The smallest absolute Gasteiger partial charge is 0.308 e. The molecule has 5 heteroatoms. The Morgan fingerprint density at radius 3 is 2.17 bits per heavy atom. The molecule has 1 aromatic carbocycles. The highest BCUT2D eigenvalue weighted by atomic mass is 16.5. The summed E-state index contributed by atoms with van der Waals surface area (Å²) in [6, 6.07) is 3.69. The number of hydrogen-bond donors (Lipinski definition) is 0. The van der Waals surface area contributed by atoms with Crippen molar-refractivity contribution in [3.63, 3.8) is 0 Å². The maximum Gasteiger partial charge on any atom is 0.308 e. The van der Waals surface area contributed by atoms with Gasteiger partial charge < -0.3 is 9.47 Å². The van der Waals surface area contributed by atoms with Crippen molar-refractivity contribution in [2.45, 2.75) is 65.7 Å². The third-order valence-corrected chi connectivity index (χ3v) is 5.18. The summed E-state index contributed by atoms with van der Waals surface area (Å²) >= 11 is 0. The molecule has 2 rings (SSSR count). The van der Waals surface area contributed by atoms with Crippen LogP contribution < -0.4 is 9.47 Å². The van der Waals surface area contributed by atoms with Crippen molar-refractivity contribution in [1.82, 2.24) is 0 Å². The highest BCUT2D eigenvalue weighted by Gasteiger charge is 2.32. The first kappa shape index (κ1) is 22.6. The van der Waals surface area contributed by atoms with E-state index < -0.39 is 11.9 Å². The van der Waals surface area contributed by atoms with Crippen LogP contribution in [0, 0.1) is 5.92 Å². The Kier molecular flexibility index (Phi) is 7.94. The van der Waals surface area contributed by atoms with Gasteiger partial charge in [0.25, 0.3) is 0 Å². The van der Waals surface area contributed by atoms with E-state index >= 15 is 0 Å². The Balaban J connectivity index is 2.72. The van der Waals surface area contributed by atoms with Gasteiger partial charge in [-0.1, -0.05) is 31.6 Å². The molecule has 29 heavy (non-hydrogen) atoms. The second-order valence-corrected chi connectivity index (χ2v) is 7.67. The van der Waals surface area contributed by atoms with Gasteiger partial charge in [0.2, 0.25) is 0 Å². The van der Waals surface area contributed by atoms with E-state index in [2.05, 4.69) is 13.5 Å². The molecule has 156 valence electrons. The summed E-state index contributed by atoms with van der Waals surface area (Å²) in [6.45, 7) is 10.8. The fraction of sp³-hybridized carbons (Fsp3) is 0.458. The van der Waals surface area contributed by atoms with Crippen LogP contribution in [0.3, 0.4) is 0 Å². The third kappa shape index (κ3) is 5.89. The lowest BCUT2D eigenvalue weighted by atomic mass is 9.73. The summed E-state index contributed by atoms with van der Waals surface area (Å²) in [4.78, 5) is 35.1. The van der Waals surface area contributed by atoms with Gasteiger partial charge in [-0.2, -0.15) is 0 Å². The first-order chi connectivity index (χ1) is 13.8. The summed E-state index contributed by atoms with van der Waals surface area (Å²) in [5, 5.41) is 0. The van der Waals surface area contributed by atoms with Crippen molar-refractivity contribution in [2.24, 2.45) is 5.92 Å². The van der Waals surface area contributed by atoms with Crippen LogP contribution in [0.15, 0.2) is 35.9 Å². The predicted octanol–water partition coefficient (Wildman–Crippen LogP) is 5.07. The van der Waals surface area contributed by atoms with Crippen molar-refractivity contribution in [3.8, 4) is 11.5 Å². The van der Waals surface area contributed by atoms with Crippen LogP contribution in [0.4, 0.5) is 0 Å². The van der Waals surface area contributed by atoms with E-state index in [9.17, 15) is 14.4 Å². The number of rotatable bonds is 8. The van der Waals surface area contributed by atoms with E-state index in [-0.39, 0.29) is 11.8 Å². The van der Waals surface area contributed by atoms with Gasteiger partial charge in [-0.05, 0) is 61.8 Å². The van der Waals surface area contributed by atoms with Crippen molar-refractivity contribution >= 4 is 18.2 Å². The molecule has 0 fully saturated rings. The van der Waals surface area contributed by atoms with Crippen LogP contribution in [0.5, 0.6) is 11.5 Å². The lowest BCUT2D eigenvalue weighted by Crippen LogP contribution is -2.21. The minimum absolute atomic E-state index is 0.0452. The van der Waals surface area contributed by atoms with E-state index in [1.54, 1.807) is 0 Å². The van der Waals surface area contributed by atoms with E-state index in [1.165, 1.54) is 13.8 Å². The molecular formula is C24H30O5. The van der Waals surface area contributed by atoms with Crippen LogP contribution in [-0.4, -0.2) is 18.2 Å². The quantitative estimate of drug-likeness (QED) is 0.264. The molecule has 0 N–H and O–H groups in total. The van der Waals surface area contributed by atoms with Crippen molar-refractivity contribution in [1.29, 1.82) is 0 Å². The van der Waals surface area contributed by atoms with Gasteiger partial charge in [-0.3, -0.25) is 14.4 Å². The van der Waals surface area contributed by atoms with Crippen molar-refractivity contribution in [3.05, 3.63) is 47.1 Å². The number of carbonyl (C=O) groups excluding carboxylic acids is 3. The number of allylic oxidation sites excluding steroid dienone is 3. The van der Waals surface area contributed by atoms with Crippen LogP contribution in [0.1, 0.15) is 70.4 Å². The summed E-state index contributed by atoms with van der Waals surface area (Å²) in [5.41, 5.74) is 3.20. The largest absolute Gasteiger partial charge is 0.426 e. The number of esters is 2. The molecule has 1 aliphatic carbocycles. The first-order valence-electron chi connectivity index (χ1n) is 10.1. The molecule has 2 atom stereocenters. The van der Waals surface area contributed by atoms with Gasteiger partial charge in [-0.25, -0.2) is 0 Å². The lowest BCUT2D eigenvalue weighted by molar-refractivity contribution is -0.132. The standard InChI is InChI=1S/C24H30O5/c1-6-7-8-18-12-22(28-16(4)26)24(23(13-18)29-17(5)27)21-11-19(14-25)9-10-20(21)15(2)3/h11-14,20-21H,2,6-10H2,1,3-5H3/t20-,21+/m0/s1.